The summed E-state index contributed by atoms with van der Waals surface area (Å²) in [6.45, 7) is 2.17. The van der Waals surface area contributed by atoms with Crippen LogP contribution in [0.15, 0.2) is 28.8 Å². The Balaban J connectivity index is 2.13. The van der Waals surface area contributed by atoms with E-state index in [0.29, 0.717) is 11.3 Å². The third-order valence-corrected chi connectivity index (χ3v) is 2.30. The minimum atomic E-state index is -0.427. The number of aromatic nitrogens is 1. The number of hydrogen-bond donors (Lipinski definition) is 1. The highest BCUT2D eigenvalue weighted by Gasteiger charge is 2.10. The van der Waals surface area contributed by atoms with Crippen molar-refractivity contribution in [2.75, 3.05) is 0 Å². The molecule has 0 radical (unpaired) electrons. The average molecular weight is 236 g/mol. The van der Waals surface area contributed by atoms with Crippen LogP contribution in [0.2, 0.25) is 0 Å². The minimum Gasteiger partial charge on any atom is -0.482 e. The third kappa shape index (κ3) is 2.62. The SMILES string of the molecule is Cc1cc(COc2c(F)cccc2CN)on1. The van der Waals surface area contributed by atoms with Gasteiger partial charge < -0.3 is 15.0 Å². The van der Waals surface area contributed by atoms with Crippen molar-refractivity contribution in [3.63, 3.8) is 0 Å². The molecule has 2 rings (SSSR count). The van der Waals surface area contributed by atoms with Gasteiger partial charge in [-0.15, -0.1) is 0 Å². The van der Waals surface area contributed by atoms with Crippen molar-refractivity contribution in [3.05, 3.63) is 47.1 Å². The van der Waals surface area contributed by atoms with Crippen LogP contribution in [0.25, 0.3) is 0 Å². The first-order chi connectivity index (χ1) is 8.20. The standard InChI is InChI=1S/C12H13FN2O2/c1-8-5-10(17-15-8)7-16-12-9(6-14)3-2-4-11(12)13/h2-5H,6-7,14H2,1H3. The Morgan fingerprint density at radius 3 is 2.94 bits per heavy atom. The van der Waals surface area contributed by atoms with Gasteiger partial charge in [0.1, 0.15) is 6.61 Å². The Hall–Kier alpha value is -1.88. The maximum absolute atomic E-state index is 13.5. The van der Waals surface area contributed by atoms with Gasteiger partial charge >= 0.3 is 0 Å². The fraction of sp³-hybridized carbons (Fsp3) is 0.250. The van der Waals surface area contributed by atoms with Crippen molar-refractivity contribution in [2.24, 2.45) is 5.73 Å². The van der Waals surface area contributed by atoms with Crippen molar-refractivity contribution in [1.29, 1.82) is 0 Å². The molecule has 1 aromatic carbocycles. The summed E-state index contributed by atoms with van der Waals surface area (Å²) < 4.78 is 23.9. The molecule has 0 amide bonds. The highest BCUT2D eigenvalue weighted by Crippen LogP contribution is 2.23. The van der Waals surface area contributed by atoms with Crippen LogP contribution in [0.3, 0.4) is 0 Å². The third-order valence-electron chi connectivity index (χ3n) is 2.30. The van der Waals surface area contributed by atoms with Crippen LogP contribution in [-0.4, -0.2) is 5.16 Å². The van der Waals surface area contributed by atoms with E-state index in [1.807, 2.05) is 0 Å². The summed E-state index contributed by atoms with van der Waals surface area (Å²) in [6.07, 6.45) is 0. The van der Waals surface area contributed by atoms with Crippen LogP contribution in [0, 0.1) is 12.7 Å². The van der Waals surface area contributed by atoms with E-state index in [9.17, 15) is 4.39 Å². The lowest BCUT2D eigenvalue weighted by Gasteiger charge is -2.09. The van der Waals surface area contributed by atoms with Crippen molar-refractivity contribution in [2.45, 2.75) is 20.1 Å². The summed E-state index contributed by atoms with van der Waals surface area (Å²) in [5.74, 6) is 0.293. The van der Waals surface area contributed by atoms with Crippen LogP contribution >= 0.6 is 0 Å². The number of aryl methyl sites for hydroxylation is 1. The summed E-state index contributed by atoms with van der Waals surface area (Å²) in [4.78, 5) is 0. The molecule has 2 N–H and O–H groups in total. The second-order valence-corrected chi connectivity index (χ2v) is 3.66. The number of hydrogen-bond acceptors (Lipinski definition) is 4. The van der Waals surface area contributed by atoms with Gasteiger partial charge in [0, 0.05) is 18.2 Å². The molecule has 4 nitrogen and oxygen atoms in total. The number of rotatable bonds is 4. The van der Waals surface area contributed by atoms with Crippen molar-refractivity contribution >= 4 is 0 Å². The van der Waals surface area contributed by atoms with Gasteiger partial charge in [-0.05, 0) is 13.0 Å². The lowest BCUT2D eigenvalue weighted by molar-refractivity contribution is 0.238. The van der Waals surface area contributed by atoms with Crippen LogP contribution in [-0.2, 0) is 13.2 Å². The van der Waals surface area contributed by atoms with Crippen molar-refractivity contribution < 1.29 is 13.7 Å². The molecule has 90 valence electrons. The van der Waals surface area contributed by atoms with Gasteiger partial charge in [-0.25, -0.2) is 4.39 Å². The summed E-state index contributed by atoms with van der Waals surface area (Å²) in [5.41, 5.74) is 6.90. The molecule has 0 spiro atoms. The van der Waals surface area contributed by atoms with Crippen molar-refractivity contribution in [3.8, 4) is 5.75 Å². The molecule has 0 aliphatic carbocycles. The number of nitrogens with zero attached hydrogens (tertiary/aromatic N) is 1. The summed E-state index contributed by atoms with van der Waals surface area (Å²) in [7, 11) is 0. The molecule has 0 saturated carbocycles. The van der Waals surface area contributed by atoms with Gasteiger partial charge in [0.2, 0.25) is 0 Å². The number of para-hydroxylation sites is 1. The molecule has 1 heterocycles. The van der Waals surface area contributed by atoms with E-state index in [0.717, 1.165) is 5.69 Å². The zero-order valence-electron chi connectivity index (χ0n) is 9.44. The Kier molecular flexibility index (Phi) is 3.39. The van der Waals surface area contributed by atoms with E-state index in [2.05, 4.69) is 5.16 Å². The van der Waals surface area contributed by atoms with E-state index in [1.54, 1.807) is 25.1 Å². The highest BCUT2D eigenvalue weighted by atomic mass is 19.1. The van der Waals surface area contributed by atoms with Gasteiger partial charge in [-0.3, -0.25) is 0 Å². The highest BCUT2D eigenvalue weighted by molar-refractivity contribution is 5.34. The minimum absolute atomic E-state index is 0.134. The predicted molar refractivity (Wildman–Crippen MR) is 59.9 cm³/mol. The van der Waals surface area contributed by atoms with Crippen LogP contribution in [0.1, 0.15) is 17.0 Å². The monoisotopic (exact) mass is 236 g/mol. The molecule has 17 heavy (non-hydrogen) atoms. The molecule has 0 aliphatic heterocycles. The molecule has 0 fully saturated rings. The number of nitrogens with two attached hydrogens (primary N) is 1. The average Bonchev–Trinajstić information content (AvgIpc) is 2.73. The van der Waals surface area contributed by atoms with Crippen LogP contribution in [0.4, 0.5) is 4.39 Å². The van der Waals surface area contributed by atoms with Crippen LogP contribution in [0.5, 0.6) is 5.75 Å². The van der Waals surface area contributed by atoms with E-state index in [4.69, 9.17) is 15.0 Å². The molecule has 0 bridgehead atoms. The molecule has 0 saturated heterocycles. The predicted octanol–water partition coefficient (Wildman–Crippen LogP) is 2.16. The largest absolute Gasteiger partial charge is 0.482 e. The van der Waals surface area contributed by atoms with Crippen LogP contribution < -0.4 is 10.5 Å². The smallest absolute Gasteiger partial charge is 0.174 e. The Morgan fingerprint density at radius 1 is 1.47 bits per heavy atom. The van der Waals surface area contributed by atoms with E-state index in [1.165, 1.54) is 6.07 Å². The first-order valence-corrected chi connectivity index (χ1v) is 5.23. The Bertz CT molecular complexity index is 511. The fourth-order valence-corrected chi connectivity index (χ4v) is 1.50. The fourth-order valence-electron chi connectivity index (χ4n) is 1.50. The normalized spacial score (nSPS) is 10.5. The molecule has 0 aliphatic rings. The summed E-state index contributed by atoms with van der Waals surface area (Å²) in [6, 6.07) is 6.40. The molecular formula is C12H13FN2O2. The Labute approximate surface area is 98.2 Å². The number of halogens is 1. The van der Waals surface area contributed by atoms with Gasteiger partial charge in [0.25, 0.3) is 0 Å². The maximum atomic E-state index is 13.5. The molecule has 0 unspecified atom stereocenters. The molecule has 5 heteroatoms. The van der Waals surface area contributed by atoms with Gasteiger partial charge in [0.05, 0.1) is 5.69 Å². The Morgan fingerprint density at radius 2 is 2.29 bits per heavy atom. The van der Waals surface area contributed by atoms with Gasteiger partial charge in [0.15, 0.2) is 17.3 Å². The van der Waals surface area contributed by atoms with Gasteiger partial charge in [-0.2, -0.15) is 0 Å². The molecular weight excluding hydrogens is 223 g/mol. The van der Waals surface area contributed by atoms with Crippen molar-refractivity contribution in [1.82, 2.24) is 5.16 Å². The first-order valence-electron chi connectivity index (χ1n) is 5.23. The lowest BCUT2D eigenvalue weighted by Crippen LogP contribution is -2.04. The number of benzene rings is 1. The summed E-state index contributed by atoms with van der Waals surface area (Å²) in [5, 5.41) is 3.72. The van der Waals surface area contributed by atoms with E-state index in [-0.39, 0.29) is 18.9 Å². The molecule has 0 atom stereocenters. The topological polar surface area (TPSA) is 61.3 Å². The van der Waals surface area contributed by atoms with E-state index >= 15 is 0 Å². The first kappa shape index (κ1) is 11.6. The van der Waals surface area contributed by atoms with E-state index < -0.39 is 5.82 Å². The zero-order chi connectivity index (χ0) is 12.3. The molecule has 2 aromatic rings. The quantitative estimate of drug-likeness (QED) is 0.883. The second kappa shape index (κ2) is 4.97. The summed E-state index contributed by atoms with van der Waals surface area (Å²) >= 11 is 0. The zero-order valence-corrected chi connectivity index (χ0v) is 9.44. The van der Waals surface area contributed by atoms with Gasteiger partial charge in [-0.1, -0.05) is 17.3 Å². The lowest BCUT2D eigenvalue weighted by atomic mass is 10.2. The second-order valence-electron chi connectivity index (χ2n) is 3.66. The maximum Gasteiger partial charge on any atom is 0.174 e. The number of ether oxygens (including phenoxy) is 1. The molecule has 1 aromatic heterocycles.